The molecule has 0 bridgehead atoms. The van der Waals surface area contributed by atoms with Gasteiger partial charge in [-0.25, -0.2) is 23.1 Å². The maximum Gasteiger partial charge on any atom is 0.240 e. The van der Waals surface area contributed by atoms with Crippen molar-refractivity contribution in [1.29, 1.82) is 0 Å². The first-order chi connectivity index (χ1) is 10.8. The maximum absolute atomic E-state index is 12.4. The maximum atomic E-state index is 12.4. The average molecular weight is 334 g/mol. The number of hydrogen-bond acceptors (Lipinski definition) is 5. The van der Waals surface area contributed by atoms with Gasteiger partial charge in [-0.3, -0.25) is 0 Å². The lowest BCUT2D eigenvalue weighted by Crippen LogP contribution is -2.29. The van der Waals surface area contributed by atoms with Gasteiger partial charge in [-0.2, -0.15) is 0 Å². The summed E-state index contributed by atoms with van der Waals surface area (Å²) in [5, 5.41) is 3.10. The Bertz CT molecular complexity index is 783. The molecular weight excluding hydrogens is 312 g/mol. The van der Waals surface area contributed by atoms with Crippen LogP contribution in [0.2, 0.25) is 0 Å². The normalized spacial score (nSPS) is 11.5. The second-order valence-electron chi connectivity index (χ2n) is 5.54. The van der Waals surface area contributed by atoms with Gasteiger partial charge >= 0.3 is 0 Å². The van der Waals surface area contributed by atoms with Crippen LogP contribution in [0.15, 0.2) is 29.2 Å². The van der Waals surface area contributed by atoms with Crippen molar-refractivity contribution in [1.82, 2.24) is 14.7 Å². The van der Waals surface area contributed by atoms with E-state index in [1.165, 1.54) is 0 Å². The molecule has 0 aliphatic rings. The molecule has 1 aromatic carbocycles. The van der Waals surface area contributed by atoms with Crippen molar-refractivity contribution >= 4 is 15.8 Å². The Balaban J connectivity index is 1.96. The molecule has 0 amide bonds. The zero-order valence-corrected chi connectivity index (χ0v) is 14.7. The Labute approximate surface area is 137 Å². The van der Waals surface area contributed by atoms with E-state index in [9.17, 15) is 8.42 Å². The summed E-state index contributed by atoms with van der Waals surface area (Å²) >= 11 is 0. The molecule has 124 valence electrons. The fourth-order valence-corrected chi connectivity index (χ4v) is 3.62. The molecule has 0 saturated carbocycles. The summed E-state index contributed by atoms with van der Waals surface area (Å²) in [5.41, 5.74) is 2.52. The Kier molecular flexibility index (Phi) is 5.33. The highest BCUT2D eigenvalue weighted by molar-refractivity contribution is 7.89. The minimum absolute atomic E-state index is 0.276. The van der Waals surface area contributed by atoms with Crippen LogP contribution in [0.5, 0.6) is 0 Å². The lowest BCUT2D eigenvalue weighted by Gasteiger charge is -2.11. The van der Waals surface area contributed by atoms with Gasteiger partial charge in [0.05, 0.1) is 4.90 Å². The predicted octanol–water partition coefficient (Wildman–Crippen LogP) is 2.10. The first kappa shape index (κ1) is 17.4. The van der Waals surface area contributed by atoms with E-state index in [0.717, 1.165) is 16.8 Å². The highest BCUT2D eigenvalue weighted by atomic mass is 32.2. The van der Waals surface area contributed by atoms with Crippen molar-refractivity contribution in [3.05, 3.63) is 46.9 Å². The van der Waals surface area contributed by atoms with E-state index in [1.54, 1.807) is 13.0 Å². The van der Waals surface area contributed by atoms with Gasteiger partial charge in [-0.05, 0) is 44.9 Å². The molecule has 7 heteroatoms. The van der Waals surface area contributed by atoms with E-state index < -0.39 is 10.0 Å². The molecule has 0 saturated heterocycles. The zero-order chi connectivity index (χ0) is 17.0. The van der Waals surface area contributed by atoms with Crippen LogP contribution in [0.4, 0.5) is 5.82 Å². The molecule has 0 unspecified atom stereocenters. The molecule has 0 aliphatic carbocycles. The van der Waals surface area contributed by atoms with Crippen LogP contribution in [0.3, 0.4) is 0 Å². The van der Waals surface area contributed by atoms with E-state index >= 15 is 0 Å². The van der Waals surface area contributed by atoms with Crippen LogP contribution in [-0.2, 0) is 10.0 Å². The molecule has 2 N–H and O–H groups in total. The minimum atomic E-state index is -3.51. The quantitative estimate of drug-likeness (QED) is 0.790. The van der Waals surface area contributed by atoms with Gasteiger partial charge in [0.15, 0.2) is 0 Å². The van der Waals surface area contributed by atoms with E-state index in [0.29, 0.717) is 23.1 Å². The third kappa shape index (κ3) is 4.74. The second kappa shape index (κ2) is 7.06. The molecule has 0 spiro atoms. The van der Waals surface area contributed by atoms with Gasteiger partial charge in [0.2, 0.25) is 10.0 Å². The molecule has 2 aromatic rings. The van der Waals surface area contributed by atoms with Crippen molar-refractivity contribution in [2.24, 2.45) is 0 Å². The lowest BCUT2D eigenvalue weighted by molar-refractivity contribution is 0.582. The molecule has 0 atom stereocenters. The summed E-state index contributed by atoms with van der Waals surface area (Å²) < 4.78 is 27.3. The largest absolute Gasteiger partial charge is 0.369 e. The van der Waals surface area contributed by atoms with Crippen molar-refractivity contribution < 1.29 is 8.42 Å². The number of nitrogens with one attached hydrogen (secondary N) is 2. The molecule has 6 nitrogen and oxygen atoms in total. The highest BCUT2D eigenvalue weighted by Crippen LogP contribution is 2.16. The second-order valence-corrected chi connectivity index (χ2v) is 7.27. The molecule has 0 fully saturated rings. The van der Waals surface area contributed by atoms with E-state index in [1.807, 2.05) is 39.0 Å². The number of anilines is 1. The van der Waals surface area contributed by atoms with Crippen LogP contribution in [0.25, 0.3) is 0 Å². The standard InChI is InChI=1S/C16H22N4O2S/c1-11-5-6-12(2)15(9-11)23(21,22)18-8-7-17-16-10-13(3)19-14(4)20-16/h5-6,9-10,18H,7-8H2,1-4H3,(H,17,19,20). The Hall–Kier alpha value is -1.99. The van der Waals surface area contributed by atoms with Gasteiger partial charge in [0, 0.05) is 24.8 Å². The number of aryl methyl sites for hydroxylation is 4. The van der Waals surface area contributed by atoms with Crippen LogP contribution in [0.1, 0.15) is 22.6 Å². The smallest absolute Gasteiger partial charge is 0.240 e. The summed E-state index contributed by atoms with van der Waals surface area (Å²) in [7, 11) is -3.51. The molecule has 0 aliphatic heterocycles. The number of benzene rings is 1. The van der Waals surface area contributed by atoms with Crippen molar-refractivity contribution in [2.45, 2.75) is 32.6 Å². The van der Waals surface area contributed by atoms with Crippen LogP contribution >= 0.6 is 0 Å². The molecule has 0 radical (unpaired) electrons. The van der Waals surface area contributed by atoms with Crippen molar-refractivity contribution in [2.75, 3.05) is 18.4 Å². The van der Waals surface area contributed by atoms with E-state index in [2.05, 4.69) is 20.0 Å². The van der Waals surface area contributed by atoms with Crippen LogP contribution < -0.4 is 10.0 Å². The topological polar surface area (TPSA) is 84.0 Å². The van der Waals surface area contributed by atoms with E-state index in [-0.39, 0.29) is 6.54 Å². The minimum Gasteiger partial charge on any atom is -0.369 e. The monoisotopic (exact) mass is 334 g/mol. The molecule has 2 rings (SSSR count). The summed E-state index contributed by atoms with van der Waals surface area (Å²) in [5.74, 6) is 1.38. The fourth-order valence-electron chi connectivity index (χ4n) is 2.26. The average Bonchev–Trinajstić information content (AvgIpc) is 2.45. The summed E-state index contributed by atoms with van der Waals surface area (Å²) in [6.07, 6.45) is 0. The summed E-state index contributed by atoms with van der Waals surface area (Å²) in [6, 6.07) is 7.22. The third-order valence-electron chi connectivity index (χ3n) is 3.32. The Morgan fingerprint density at radius 2 is 1.74 bits per heavy atom. The summed E-state index contributed by atoms with van der Waals surface area (Å²) in [4.78, 5) is 8.77. The molecule has 1 aromatic heterocycles. The number of aromatic nitrogens is 2. The Morgan fingerprint density at radius 3 is 2.43 bits per heavy atom. The molecular formula is C16H22N4O2S. The van der Waals surface area contributed by atoms with Gasteiger partial charge < -0.3 is 5.32 Å². The van der Waals surface area contributed by atoms with Gasteiger partial charge in [0.1, 0.15) is 11.6 Å². The van der Waals surface area contributed by atoms with Gasteiger partial charge in [0.25, 0.3) is 0 Å². The number of rotatable bonds is 6. The molecule has 1 heterocycles. The van der Waals surface area contributed by atoms with E-state index in [4.69, 9.17) is 0 Å². The van der Waals surface area contributed by atoms with Crippen LogP contribution in [-0.4, -0.2) is 31.5 Å². The molecule has 23 heavy (non-hydrogen) atoms. The van der Waals surface area contributed by atoms with Gasteiger partial charge in [-0.15, -0.1) is 0 Å². The first-order valence-electron chi connectivity index (χ1n) is 7.41. The van der Waals surface area contributed by atoms with Gasteiger partial charge in [-0.1, -0.05) is 12.1 Å². The number of hydrogen-bond donors (Lipinski definition) is 2. The van der Waals surface area contributed by atoms with Crippen molar-refractivity contribution in [3.63, 3.8) is 0 Å². The van der Waals surface area contributed by atoms with Crippen molar-refractivity contribution in [3.8, 4) is 0 Å². The fraction of sp³-hybridized carbons (Fsp3) is 0.375. The first-order valence-corrected chi connectivity index (χ1v) is 8.89. The number of sulfonamides is 1. The summed E-state index contributed by atoms with van der Waals surface area (Å²) in [6.45, 7) is 8.10. The van der Waals surface area contributed by atoms with Crippen LogP contribution in [0, 0.1) is 27.7 Å². The predicted molar refractivity (Wildman–Crippen MR) is 91.1 cm³/mol. The number of nitrogens with zero attached hydrogens (tertiary/aromatic N) is 2. The Morgan fingerprint density at radius 1 is 1.00 bits per heavy atom. The lowest BCUT2D eigenvalue weighted by atomic mass is 10.2. The third-order valence-corrected chi connectivity index (χ3v) is 4.93. The zero-order valence-electron chi connectivity index (χ0n) is 13.8. The highest BCUT2D eigenvalue weighted by Gasteiger charge is 2.16. The SMILES string of the molecule is Cc1ccc(C)c(S(=O)(=O)NCCNc2cc(C)nc(C)n2)c1.